The zero-order chi connectivity index (χ0) is 26.2. The van der Waals surface area contributed by atoms with Gasteiger partial charge in [-0.25, -0.2) is 17.8 Å². The third-order valence-corrected chi connectivity index (χ3v) is 6.90. The van der Waals surface area contributed by atoms with Crippen molar-refractivity contribution in [2.75, 3.05) is 36.1 Å². The Morgan fingerprint density at radius 3 is 2.69 bits per heavy atom. The van der Waals surface area contributed by atoms with Crippen molar-refractivity contribution < 1.29 is 17.5 Å². The topological polar surface area (TPSA) is 96.5 Å². The summed E-state index contributed by atoms with van der Waals surface area (Å²) in [6.07, 6.45) is 4.61. The van der Waals surface area contributed by atoms with Crippen LogP contribution in [0.25, 0.3) is 28.1 Å². The van der Waals surface area contributed by atoms with E-state index in [0.29, 0.717) is 45.2 Å². The molecule has 4 rings (SSSR count). The van der Waals surface area contributed by atoms with Crippen molar-refractivity contribution in [1.82, 2.24) is 15.3 Å². The Balaban J connectivity index is 2.12. The quantitative estimate of drug-likeness (QED) is 0.474. The predicted molar refractivity (Wildman–Crippen MR) is 144 cm³/mol. The lowest BCUT2D eigenvalue weighted by molar-refractivity contribution is 0.413. The van der Waals surface area contributed by atoms with Crippen LogP contribution in [0.2, 0.25) is 5.02 Å². The molecule has 1 aliphatic heterocycles. The molecule has 11 heteroatoms. The van der Waals surface area contributed by atoms with E-state index in [1.165, 1.54) is 13.2 Å². The molecule has 2 N–H and O–H groups in total. The molecular formula is C25H29ClFN5O3S. The number of fused-ring (bicyclic) bond motifs is 1. The third-order valence-electron chi connectivity index (χ3n) is 6.05. The highest BCUT2D eigenvalue weighted by molar-refractivity contribution is 7.92. The van der Waals surface area contributed by atoms with E-state index in [1.807, 2.05) is 6.92 Å². The number of nitrogens with one attached hydrogen (secondary N) is 2. The average molecular weight is 534 g/mol. The number of halogens is 2. The van der Waals surface area contributed by atoms with Crippen molar-refractivity contribution in [3.63, 3.8) is 0 Å². The molecular weight excluding hydrogens is 505 g/mol. The van der Waals surface area contributed by atoms with E-state index < -0.39 is 15.8 Å². The highest BCUT2D eigenvalue weighted by atomic mass is 35.5. The summed E-state index contributed by atoms with van der Waals surface area (Å²) >= 11 is 6.85. The number of piperazine rings is 1. The summed E-state index contributed by atoms with van der Waals surface area (Å²) in [4.78, 5) is 11.3. The van der Waals surface area contributed by atoms with Crippen LogP contribution in [0.1, 0.15) is 26.3 Å². The van der Waals surface area contributed by atoms with Crippen LogP contribution in [0.5, 0.6) is 5.75 Å². The van der Waals surface area contributed by atoms with Gasteiger partial charge >= 0.3 is 0 Å². The molecule has 2 atom stereocenters. The molecule has 3 aromatic rings. The van der Waals surface area contributed by atoms with Gasteiger partial charge in [-0.2, -0.15) is 4.98 Å². The van der Waals surface area contributed by atoms with E-state index in [4.69, 9.17) is 16.3 Å². The van der Waals surface area contributed by atoms with Gasteiger partial charge in [-0.05, 0) is 39.0 Å². The Morgan fingerprint density at radius 2 is 2.03 bits per heavy atom. The van der Waals surface area contributed by atoms with Crippen LogP contribution < -0.4 is 19.7 Å². The van der Waals surface area contributed by atoms with Gasteiger partial charge in [0.1, 0.15) is 17.4 Å². The first-order valence-electron chi connectivity index (χ1n) is 11.5. The fraction of sp³-hybridized carbons (Fsp3) is 0.360. The highest BCUT2D eigenvalue weighted by Crippen LogP contribution is 2.44. The molecule has 0 spiro atoms. The van der Waals surface area contributed by atoms with Crippen molar-refractivity contribution in [2.45, 2.75) is 32.9 Å². The lowest BCUT2D eigenvalue weighted by Crippen LogP contribution is -2.54. The van der Waals surface area contributed by atoms with E-state index in [0.717, 1.165) is 12.8 Å². The SMILES string of the molecule is C/C=C/c1c(-c2c(F)cccc2OC)c(Cl)cc2c(N3C[C@@H](C)NC[C@@H]3C)nc(NS(C)(=O)=O)nc12. The molecule has 1 saturated heterocycles. The van der Waals surface area contributed by atoms with E-state index in [1.54, 1.807) is 30.4 Å². The number of allylic oxidation sites excluding steroid dienone is 1. The van der Waals surface area contributed by atoms with Crippen LogP contribution in [0, 0.1) is 5.82 Å². The first kappa shape index (κ1) is 26.1. The molecule has 0 bridgehead atoms. The largest absolute Gasteiger partial charge is 0.496 e. The van der Waals surface area contributed by atoms with Crippen LogP contribution >= 0.6 is 11.6 Å². The lowest BCUT2D eigenvalue weighted by Gasteiger charge is -2.39. The first-order valence-corrected chi connectivity index (χ1v) is 13.8. The van der Waals surface area contributed by atoms with Crippen molar-refractivity contribution in [3.8, 4) is 16.9 Å². The minimum atomic E-state index is -3.66. The number of aromatic nitrogens is 2. The Kier molecular flexibility index (Phi) is 7.40. The maximum atomic E-state index is 15.2. The molecule has 2 aromatic carbocycles. The fourth-order valence-electron chi connectivity index (χ4n) is 4.49. The fourth-order valence-corrected chi connectivity index (χ4v) is 5.22. The molecule has 36 heavy (non-hydrogen) atoms. The molecule has 1 aromatic heterocycles. The molecule has 1 aliphatic rings. The van der Waals surface area contributed by atoms with Gasteiger partial charge in [-0.1, -0.05) is 29.8 Å². The van der Waals surface area contributed by atoms with Crippen molar-refractivity contribution in [1.29, 1.82) is 0 Å². The van der Waals surface area contributed by atoms with Gasteiger partial charge in [0.25, 0.3) is 0 Å². The number of nitrogens with zero attached hydrogens (tertiary/aromatic N) is 3. The second kappa shape index (κ2) is 10.2. The summed E-state index contributed by atoms with van der Waals surface area (Å²) in [5, 5.41) is 4.36. The van der Waals surface area contributed by atoms with Crippen LogP contribution in [0.4, 0.5) is 16.2 Å². The molecule has 1 fully saturated rings. The normalized spacial score (nSPS) is 18.7. The van der Waals surface area contributed by atoms with E-state index in [2.05, 4.69) is 38.8 Å². The Morgan fingerprint density at radius 1 is 1.28 bits per heavy atom. The maximum Gasteiger partial charge on any atom is 0.239 e. The maximum absolute atomic E-state index is 15.2. The van der Waals surface area contributed by atoms with Crippen molar-refractivity contribution in [3.05, 3.63) is 46.7 Å². The van der Waals surface area contributed by atoms with Gasteiger partial charge in [0, 0.05) is 41.7 Å². The average Bonchev–Trinajstić information content (AvgIpc) is 2.80. The summed E-state index contributed by atoms with van der Waals surface area (Å²) in [7, 11) is -2.20. The van der Waals surface area contributed by atoms with E-state index >= 15 is 4.39 Å². The summed E-state index contributed by atoms with van der Waals surface area (Å²) in [6, 6.07) is 6.52. The van der Waals surface area contributed by atoms with Crippen molar-refractivity contribution >= 4 is 50.4 Å². The van der Waals surface area contributed by atoms with Gasteiger partial charge in [0.2, 0.25) is 16.0 Å². The summed E-state index contributed by atoms with van der Waals surface area (Å²) in [5.74, 6) is 0.287. The van der Waals surface area contributed by atoms with Gasteiger partial charge in [0.05, 0.1) is 29.5 Å². The van der Waals surface area contributed by atoms with Gasteiger partial charge in [0.15, 0.2) is 0 Å². The molecule has 0 saturated carbocycles. The smallest absolute Gasteiger partial charge is 0.239 e. The monoisotopic (exact) mass is 533 g/mol. The first-order chi connectivity index (χ1) is 17.0. The van der Waals surface area contributed by atoms with Gasteiger partial charge < -0.3 is 15.0 Å². The molecule has 0 aliphatic carbocycles. The second-order valence-electron chi connectivity index (χ2n) is 8.92. The zero-order valence-corrected chi connectivity index (χ0v) is 22.3. The van der Waals surface area contributed by atoms with E-state index in [9.17, 15) is 8.42 Å². The summed E-state index contributed by atoms with van der Waals surface area (Å²) in [5.41, 5.74) is 1.56. The number of ether oxygens (including phenoxy) is 1. The van der Waals surface area contributed by atoms with Crippen LogP contribution in [0.15, 0.2) is 30.3 Å². The Hall–Kier alpha value is -2.95. The Bertz CT molecular complexity index is 1450. The number of hydrogen-bond acceptors (Lipinski definition) is 7. The third kappa shape index (κ3) is 5.11. The number of hydrogen-bond donors (Lipinski definition) is 2. The predicted octanol–water partition coefficient (Wildman–Crippen LogP) is 4.69. The number of methoxy groups -OCH3 is 1. The number of sulfonamides is 1. The Labute approximate surface area is 215 Å². The van der Waals surface area contributed by atoms with E-state index in [-0.39, 0.29) is 23.6 Å². The lowest BCUT2D eigenvalue weighted by atomic mass is 9.94. The van der Waals surface area contributed by atoms with Crippen LogP contribution in [-0.2, 0) is 10.0 Å². The summed E-state index contributed by atoms with van der Waals surface area (Å²) < 4.78 is 47.3. The second-order valence-corrected chi connectivity index (χ2v) is 11.1. The molecule has 0 unspecified atom stereocenters. The minimum absolute atomic E-state index is 0.0701. The molecule has 8 nitrogen and oxygen atoms in total. The standard InChI is InChI=1S/C25H29ClFN5O3S/c1-6-8-16-21(22-19(27)9-7-10-20(22)35-4)18(26)11-17-23(16)29-25(31-36(5,33)34)30-24(17)32-13-14(2)28-12-15(32)3/h6-11,14-15,28H,12-13H2,1-5H3,(H,29,30,31)/b8-6+/t14-,15+/m1/s1. The van der Waals surface area contributed by atoms with Gasteiger partial charge in [-0.15, -0.1) is 0 Å². The zero-order valence-electron chi connectivity index (χ0n) is 20.8. The molecule has 0 radical (unpaired) electrons. The molecule has 2 heterocycles. The number of anilines is 2. The van der Waals surface area contributed by atoms with Crippen LogP contribution in [-0.4, -0.2) is 56.9 Å². The molecule has 0 amide bonds. The summed E-state index contributed by atoms with van der Waals surface area (Å²) in [6.45, 7) is 7.32. The van der Waals surface area contributed by atoms with Crippen molar-refractivity contribution in [2.24, 2.45) is 0 Å². The highest BCUT2D eigenvalue weighted by Gasteiger charge is 2.29. The molecule has 192 valence electrons. The minimum Gasteiger partial charge on any atom is -0.496 e. The van der Waals surface area contributed by atoms with Gasteiger partial charge in [-0.3, -0.25) is 4.72 Å². The number of rotatable bonds is 6. The van der Waals surface area contributed by atoms with Crippen LogP contribution in [0.3, 0.4) is 0 Å². The number of benzene rings is 2.